The van der Waals surface area contributed by atoms with E-state index in [0.717, 1.165) is 0 Å². The fourth-order valence-corrected chi connectivity index (χ4v) is 1.50. The molecule has 5 nitrogen and oxygen atoms in total. The smallest absolute Gasteiger partial charge is 0.325 e. The Kier molecular flexibility index (Phi) is 5.61. The summed E-state index contributed by atoms with van der Waals surface area (Å²) in [5.41, 5.74) is 6.17. The maximum atomic E-state index is 11.4. The van der Waals surface area contributed by atoms with Crippen LogP contribution in [0.15, 0.2) is 24.3 Å². The number of carbonyl (C=O) groups excluding carboxylic acids is 1. The molecule has 1 aromatic carbocycles. The lowest BCUT2D eigenvalue weighted by Gasteiger charge is -2.17. The third-order valence-corrected chi connectivity index (χ3v) is 2.43. The zero-order chi connectivity index (χ0) is 13.5. The highest BCUT2D eigenvalue weighted by atomic mass is 16.5. The second-order valence-corrected chi connectivity index (χ2v) is 3.72. The van der Waals surface area contributed by atoms with Crippen molar-refractivity contribution >= 4 is 5.97 Å². The summed E-state index contributed by atoms with van der Waals surface area (Å²) < 4.78 is 10.0. The van der Waals surface area contributed by atoms with Gasteiger partial charge in [0.05, 0.1) is 13.2 Å². The van der Waals surface area contributed by atoms with Crippen molar-refractivity contribution in [3.8, 4) is 5.75 Å². The molecular formula is C13H19NO4. The Hall–Kier alpha value is -1.59. The van der Waals surface area contributed by atoms with Crippen LogP contribution in [0.5, 0.6) is 5.75 Å². The number of esters is 1. The predicted molar refractivity (Wildman–Crippen MR) is 67.2 cm³/mol. The highest BCUT2D eigenvalue weighted by Crippen LogP contribution is 2.20. The van der Waals surface area contributed by atoms with E-state index in [9.17, 15) is 9.90 Å². The molecule has 0 saturated heterocycles. The zero-order valence-corrected chi connectivity index (χ0v) is 10.6. The van der Waals surface area contributed by atoms with Gasteiger partial charge in [0, 0.05) is 0 Å². The third kappa shape index (κ3) is 3.72. The van der Waals surface area contributed by atoms with Crippen molar-refractivity contribution in [2.24, 2.45) is 5.73 Å². The number of benzene rings is 1. The van der Waals surface area contributed by atoms with Crippen molar-refractivity contribution in [2.75, 3.05) is 13.2 Å². The molecule has 0 heterocycles. The Bertz CT molecular complexity index is 377. The van der Waals surface area contributed by atoms with Crippen LogP contribution in [0.2, 0.25) is 0 Å². The van der Waals surface area contributed by atoms with Crippen LogP contribution in [-0.2, 0) is 9.53 Å². The van der Waals surface area contributed by atoms with Crippen LogP contribution in [0.1, 0.15) is 25.5 Å². The summed E-state index contributed by atoms with van der Waals surface area (Å²) in [6, 6.07) is 5.71. The lowest BCUT2D eigenvalue weighted by atomic mass is 10.0. The molecule has 0 aliphatic rings. The highest BCUT2D eigenvalue weighted by Gasteiger charge is 2.25. The number of aliphatic hydroxyl groups excluding tert-OH is 1. The molecule has 100 valence electrons. The van der Waals surface area contributed by atoms with Gasteiger partial charge in [-0.2, -0.15) is 0 Å². The Labute approximate surface area is 107 Å². The summed E-state index contributed by atoms with van der Waals surface area (Å²) in [6.45, 7) is 4.39. The standard InChI is InChI=1S/C13H19NO4/c1-3-17-10-7-5-9(6-8-10)12(15)11(14)13(16)18-4-2/h5-8,11-12,15H,3-4,14H2,1-2H3. The van der Waals surface area contributed by atoms with Gasteiger partial charge < -0.3 is 20.3 Å². The maximum Gasteiger partial charge on any atom is 0.325 e. The normalized spacial score (nSPS) is 13.8. The van der Waals surface area contributed by atoms with Gasteiger partial charge >= 0.3 is 5.97 Å². The van der Waals surface area contributed by atoms with E-state index in [1.54, 1.807) is 31.2 Å². The number of rotatable bonds is 6. The van der Waals surface area contributed by atoms with E-state index in [1.807, 2.05) is 6.92 Å². The van der Waals surface area contributed by atoms with Crippen LogP contribution in [0.25, 0.3) is 0 Å². The minimum atomic E-state index is -1.08. The molecule has 1 aromatic rings. The molecule has 0 radical (unpaired) electrons. The topological polar surface area (TPSA) is 81.8 Å². The SMILES string of the molecule is CCOC(=O)C(N)C(O)c1ccc(OCC)cc1. The molecule has 0 aliphatic heterocycles. The second-order valence-electron chi connectivity index (χ2n) is 3.72. The Morgan fingerprint density at radius 2 is 1.89 bits per heavy atom. The van der Waals surface area contributed by atoms with Crippen molar-refractivity contribution < 1.29 is 19.4 Å². The van der Waals surface area contributed by atoms with E-state index in [0.29, 0.717) is 17.9 Å². The van der Waals surface area contributed by atoms with Crippen molar-refractivity contribution in [1.82, 2.24) is 0 Å². The van der Waals surface area contributed by atoms with E-state index in [-0.39, 0.29) is 6.61 Å². The second kappa shape index (κ2) is 6.98. The van der Waals surface area contributed by atoms with Gasteiger partial charge in [0.2, 0.25) is 0 Å². The molecule has 0 aliphatic carbocycles. The van der Waals surface area contributed by atoms with Gasteiger partial charge in [-0.3, -0.25) is 4.79 Å². The Morgan fingerprint density at radius 1 is 1.28 bits per heavy atom. The number of hydrogen-bond acceptors (Lipinski definition) is 5. The summed E-state index contributed by atoms with van der Waals surface area (Å²) in [5.74, 6) is 0.0945. The van der Waals surface area contributed by atoms with E-state index in [1.165, 1.54) is 0 Å². The summed E-state index contributed by atoms with van der Waals surface area (Å²) in [5, 5.41) is 9.94. The van der Waals surface area contributed by atoms with E-state index < -0.39 is 18.1 Å². The van der Waals surface area contributed by atoms with Crippen LogP contribution in [0.3, 0.4) is 0 Å². The summed E-state index contributed by atoms with van der Waals surface area (Å²) in [7, 11) is 0. The van der Waals surface area contributed by atoms with Gasteiger partial charge in [-0.05, 0) is 31.5 Å². The quantitative estimate of drug-likeness (QED) is 0.739. The van der Waals surface area contributed by atoms with Crippen LogP contribution in [0, 0.1) is 0 Å². The van der Waals surface area contributed by atoms with Crippen molar-refractivity contribution in [3.05, 3.63) is 29.8 Å². The van der Waals surface area contributed by atoms with Crippen LogP contribution < -0.4 is 10.5 Å². The lowest BCUT2D eigenvalue weighted by molar-refractivity contribution is -0.147. The molecule has 1 rings (SSSR count). The predicted octanol–water partition coefficient (Wildman–Crippen LogP) is 1.01. The minimum Gasteiger partial charge on any atom is -0.494 e. The molecule has 2 atom stereocenters. The van der Waals surface area contributed by atoms with Gasteiger partial charge in [-0.1, -0.05) is 12.1 Å². The van der Waals surface area contributed by atoms with Gasteiger partial charge in [-0.15, -0.1) is 0 Å². The molecular weight excluding hydrogens is 234 g/mol. The summed E-state index contributed by atoms with van der Waals surface area (Å²) in [6.07, 6.45) is -1.08. The first kappa shape index (κ1) is 14.5. The van der Waals surface area contributed by atoms with Crippen LogP contribution >= 0.6 is 0 Å². The molecule has 2 unspecified atom stereocenters. The average Bonchev–Trinajstić information content (AvgIpc) is 2.38. The Balaban J connectivity index is 2.71. The third-order valence-electron chi connectivity index (χ3n) is 2.43. The molecule has 0 spiro atoms. The van der Waals surface area contributed by atoms with Crippen LogP contribution in [-0.4, -0.2) is 30.3 Å². The molecule has 3 N–H and O–H groups in total. The fraction of sp³-hybridized carbons (Fsp3) is 0.462. The number of ether oxygens (including phenoxy) is 2. The fourth-order valence-electron chi connectivity index (χ4n) is 1.50. The van der Waals surface area contributed by atoms with Crippen LogP contribution in [0.4, 0.5) is 0 Å². The van der Waals surface area contributed by atoms with Gasteiger partial charge in [0.15, 0.2) is 0 Å². The molecule has 5 heteroatoms. The number of aliphatic hydroxyl groups is 1. The molecule has 0 saturated carbocycles. The largest absolute Gasteiger partial charge is 0.494 e. The molecule has 0 aromatic heterocycles. The first-order valence-corrected chi connectivity index (χ1v) is 5.93. The van der Waals surface area contributed by atoms with E-state index >= 15 is 0 Å². The zero-order valence-electron chi connectivity index (χ0n) is 10.6. The monoisotopic (exact) mass is 253 g/mol. The summed E-state index contributed by atoms with van der Waals surface area (Å²) >= 11 is 0. The molecule has 18 heavy (non-hydrogen) atoms. The van der Waals surface area contributed by atoms with Gasteiger partial charge in [-0.25, -0.2) is 0 Å². The van der Waals surface area contributed by atoms with E-state index in [2.05, 4.69) is 0 Å². The van der Waals surface area contributed by atoms with Crippen molar-refractivity contribution in [1.29, 1.82) is 0 Å². The molecule has 0 fully saturated rings. The summed E-state index contributed by atoms with van der Waals surface area (Å²) in [4.78, 5) is 11.4. The average molecular weight is 253 g/mol. The van der Waals surface area contributed by atoms with Crippen molar-refractivity contribution in [2.45, 2.75) is 26.0 Å². The van der Waals surface area contributed by atoms with E-state index in [4.69, 9.17) is 15.2 Å². The maximum absolute atomic E-state index is 11.4. The number of nitrogens with two attached hydrogens (primary N) is 1. The van der Waals surface area contributed by atoms with Crippen molar-refractivity contribution in [3.63, 3.8) is 0 Å². The van der Waals surface area contributed by atoms with Gasteiger partial charge in [0.1, 0.15) is 17.9 Å². The first-order valence-electron chi connectivity index (χ1n) is 5.93. The highest BCUT2D eigenvalue weighted by molar-refractivity contribution is 5.76. The Morgan fingerprint density at radius 3 is 2.39 bits per heavy atom. The first-order chi connectivity index (χ1) is 8.60. The molecule has 0 amide bonds. The molecule has 0 bridgehead atoms. The number of hydrogen-bond donors (Lipinski definition) is 2. The minimum absolute atomic E-state index is 0.239. The number of carbonyl (C=O) groups is 1. The van der Waals surface area contributed by atoms with Gasteiger partial charge in [0.25, 0.3) is 0 Å². The lowest BCUT2D eigenvalue weighted by Crippen LogP contribution is -2.38.